The van der Waals surface area contributed by atoms with E-state index in [1.165, 1.54) is 33.5 Å². The third-order valence-electron chi connectivity index (χ3n) is 13.2. The number of benzene rings is 2. The number of nitrogens with one attached hydrogen (secondary N) is 1. The summed E-state index contributed by atoms with van der Waals surface area (Å²) in [5.74, 6) is 0. The van der Waals surface area contributed by atoms with Crippen molar-refractivity contribution in [1.82, 2.24) is 75.0 Å². The molecule has 1 aliphatic carbocycles. The Balaban J connectivity index is -0.00000136. The monoisotopic (exact) mass is 1890 g/mol. The Kier molecular flexibility index (Phi) is 62.7. The fourth-order valence-corrected chi connectivity index (χ4v) is 9.71. The van der Waals surface area contributed by atoms with Crippen molar-refractivity contribution in [3.05, 3.63) is 281 Å². The maximum absolute atomic E-state index is 4.60. The summed E-state index contributed by atoms with van der Waals surface area (Å²) < 4.78 is 5.76. The SMILES string of the molecule is C1=CCC=C1.C1=NCc2ncncc21.C1=NCc2ncncc21.C1=Nc2cccnc2C1.CC(C)(C)C.CC(C)(C)C.CC(C)(C)C.CC(C)(C)C.CC(C)(C)C.CC(C)(C)C.CC(C)(C)C.CC(C)(C)c1ccccc1.CC(C)(C)c1cccnc1.CC(C)(C)c1cnccn1.CC(C)(C)c1nc2ccccc2s1.CC(C)(C)c1nncs1.c1c[nH]cn1.c1cocn1.c1cscn1. The number of allylic oxidation sites excluding steroid dienone is 4. The molecule has 10 aromatic heterocycles. The highest BCUT2D eigenvalue weighted by atomic mass is 32.1. The van der Waals surface area contributed by atoms with Gasteiger partial charge in [0.15, 0.2) is 6.39 Å². The van der Waals surface area contributed by atoms with Gasteiger partial charge in [0.1, 0.15) is 29.4 Å². The van der Waals surface area contributed by atoms with Crippen LogP contribution < -0.4 is 0 Å². The third-order valence-corrected chi connectivity index (χ3v) is 16.3. The van der Waals surface area contributed by atoms with Gasteiger partial charge in [-0.05, 0) is 96.6 Å². The summed E-state index contributed by atoms with van der Waals surface area (Å²) >= 11 is 5.00. The average molecular weight is 1890 g/mol. The van der Waals surface area contributed by atoms with Gasteiger partial charge in [0, 0.05) is 126 Å². The van der Waals surface area contributed by atoms with Crippen LogP contribution in [-0.4, -0.2) is 93.6 Å². The summed E-state index contributed by atoms with van der Waals surface area (Å²) in [6.45, 7) is 95.3. The van der Waals surface area contributed by atoms with Gasteiger partial charge in [0.25, 0.3) is 0 Å². The Morgan fingerprint density at radius 1 is 0.373 bits per heavy atom. The molecule has 0 saturated carbocycles. The molecule has 2 aromatic carbocycles. The van der Waals surface area contributed by atoms with Gasteiger partial charge in [-0.2, -0.15) is 0 Å². The highest BCUT2D eigenvalue weighted by Gasteiger charge is 2.20. The minimum absolute atomic E-state index is 0.119. The normalized spacial score (nSPS) is 12.0. The van der Waals surface area contributed by atoms with Gasteiger partial charge >= 0.3 is 0 Å². The molecule has 0 spiro atoms. The molecule has 0 radical (unpaired) electrons. The number of pyridine rings is 2. The maximum Gasteiger partial charge on any atom is 0.180 e. The molecule has 0 amide bonds. The van der Waals surface area contributed by atoms with Crippen molar-refractivity contribution < 1.29 is 4.42 Å². The Bertz CT molecular complexity index is 4350. The van der Waals surface area contributed by atoms with E-state index in [2.05, 4.69) is 471 Å². The molecule has 16 rings (SSSR count). The molecule has 134 heavy (non-hydrogen) atoms. The predicted molar refractivity (Wildman–Crippen MR) is 584 cm³/mol. The van der Waals surface area contributed by atoms with Crippen molar-refractivity contribution >= 4 is 68.6 Å². The molecular weight excluding hydrogens is 1710 g/mol. The molecule has 19 nitrogen and oxygen atoms in total. The van der Waals surface area contributed by atoms with Crippen molar-refractivity contribution in [1.29, 1.82) is 0 Å². The Labute approximate surface area is 826 Å². The second kappa shape index (κ2) is 65.6. The maximum atomic E-state index is 4.60. The van der Waals surface area contributed by atoms with Crippen molar-refractivity contribution in [3.8, 4) is 0 Å². The molecule has 0 unspecified atom stereocenters. The molecule has 13 heterocycles. The number of oxazole rings is 1. The van der Waals surface area contributed by atoms with Crippen molar-refractivity contribution in [2.45, 2.75) is 351 Å². The van der Waals surface area contributed by atoms with E-state index in [0.717, 1.165) is 76.0 Å². The number of aliphatic imine (C=N–C) groups is 3. The summed E-state index contributed by atoms with van der Waals surface area (Å²) in [6.07, 6.45) is 44.6. The number of fused-ring (bicyclic) bond motifs is 4. The van der Waals surface area contributed by atoms with E-state index in [0.29, 0.717) is 43.3 Å². The summed E-state index contributed by atoms with van der Waals surface area (Å²) in [5, 5.41) is 12.0. The van der Waals surface area contributed by atoms with Gasteiger partial charge in [-0.1, -0.05) is 371 Å². The number of hydrogen-bond donors (Lipinski definition) is 1. The Morgan fingerprint density at radius 3 is 1.14 bits per heavy atom. The Morgan fingerprint density at radius 2 is 0.851 bits per heavy atom. The first-order valence-corrected chi connectivity index (χ1v) is 48.8. The minimum Gasteiger partial charge on any atom is -0.452 e. The summed E-state index contributed by atoms with van der Waals surface area (Å²) in [7, 11) is 0. The van der Waals surface area contributed by atoms with E-state index in [1.54, 1.807) is 145 Å². The van der Waals surface area contributed by atoms with Crippen molar-refractivity contribution in [3.63, 3.8) is 0 Å². The molecule has 0 bridgehead atoms. The first-order chi connectivity index (χ1) is 61.4. The number of aromatic nitrogens is 15. The van der Waals surface area contributed by atoms with Crippen LogP contribution >= 0.6 is 34.0 Å². The second-order valence-electron chi connectivity index (χ2n) is 47.7. The van der Waals surface area contributed by atoms with Gasteiger partial charge in [0.05, 0.1) is 74.8 Å². The lowest BCUT2D eigenvalue weighted by atomic mass is 9.87. The number of H-pyrrole nitrogens is 1. The van der Waals surface area contributed by atoms with Crippen LogP contribution in [0.2, 0.25) is 0 Å². The zero-order valence-electron chi connectivity index (χ0n) is 91.2. The van der Waals surface area contributed by atoms with Crippen LogP contribution in [0.15, 0.2) is 245 Å². The van der Waals surface area contributed by atoms with Crippen LogP contribution in [-0.2, 0) is 46.6 Å². The molecule has 4 aliphatic rings. The van der Waals surface area contributed by atoms with Gasteiger partial charge in [-0.15, -0.1) is 44.2 Å². The highest BCUT2D eigenvalue weighted by molar-refractivity contribution is 7.18. The van der Waals surface area contributed by atoms with E-state index < -0.39 is 0 Å². The molecule has 22 heteroatoms. The number of aromatic amines is 1. The van der Waals surface area contributed by atoms with Crippen LogP contribution in [0.4, 0.5) is 5.69 Å². The van der Waals surface area contributed by atoms with E-state index in [1.807, 2.05) is 42.1 Å². The molecule has 740 valence electrons. The quantitative estimate of drug-likeness (QED) is 0.148. The summed E-state index contributed by atoms with van der Waals surface area (Å²) in [6, 6.07) is 26.8. The van der Waals surface area contributed by atoms with E-state index in [9.17, 15) is 0 Å². The largest absolute Gasteiger partial charge is 0.452 e. The molecule has 0 fully saturated rings. The first-order valence-electron chi connectivity index (χ1n) is 46.2. The van der Waals surface area contributed by atoms with Crippen LogP contribution in [0, 0.1) is 37.9 Å². The molecule has 1 N–H and O–H groups in total. The van der Waals surface area contributed by atoms with Crippen LogP contribution in [0.3, 0.4) is 0 Å². The zero-order chi connectivity index (χ0) is 103. The Hall–Kier alpha value is -10.0. The number of para-hydroxylation sites is 1. The highest BCUT2D eigenvalue weighted by Crippen LogP contribution is 2.31. The van der Waals surface area contributed by atoms with Crippen LogP contribution in [0.1, 0.15) is 359 Å². The number of rotatable bonds is 0. The van der Waals surface area contributed by atoms with Gasteiger partial charge in [0.2, 0.25) is 0 Å². The lowest BCUT2D eigenvalue weighted by Crippen LogP contribution is -2.13. The van der Waals surface area contributed by atoms with E-state index in [4.69, 9.17) is 0 Å². The minimum atomic E-state index is 0.119. The van der Waals surface area contributed by atoms with Crippen LogP contribution in [0.5, 0.6) is 0 Å². The zero-order valence-corrected chi connectivity index (χ0v) is 93.6. The smallest absolute Gasteiger partial charge is 0.180 e. The third kappa shape index (κ3) is 89.8. The van der Waals surface area contributed by atoms with Crippen LogP contribution in [0.25, 0.3) is 10.2 Å². The molecule has 0 saturated heterocycles. The summed E-state index contributed by atoms with van der Waals surface area (Å²) in [5.41, 5.74) is 19.2. The summed E-state index contributed by atoms with van der Waals surface area (Å²) in [4.78, 5) is 62.6. The number of hydrogen-bond acceptors (Lipinski definition) is 21. The van der Waals surface area contributed by atoms with Gasteiger partial charge < -0.3 is 9.40 Å². The van der Waals surface area contributed by atoms with Gasteiger partial charge in [-0.25, -0.2) is 34.9 Å². The fourth-order valence-electron chi connectivity index (χ4n) is 7.69. The lowest BCUT2D eigenvalue weighted by Gasteiger charge is -2.18. The lowest BCUT2D eigenvalue weighted by molar-refractivity contribution is 0.469. The predicted octanol–water partition coefficient (Wildman–Crippen LogP) is 32.8. The number of imidazole rings is 1. The molecular formula is C112H178N18OS3. The second-order valence-corrected chi connectivity index (χ2v) is 50.3. The number of nitrogens with zero attached hydrogens (tertiary/aromatic N) is 17. The molecule has 3 aliphatic heterocycles. The van der Waals surface area contributed by atoms with E-state index in [-0.39, 0.29) is 21.7 Å². The average Bonchev–Trinajstić information content (AvgIpc) is 1.67. The molecule has 12 aromatic rings. The number of thiazole rings is 2. The molecule has 0 atom stereocenters. The van der Waals surface area contributed by atoms with Gasteiger partial charge in [-0.3, -0.25) is 39.9 Å². The van der Waals surface area contributed by atoms with Crippen molar-refractivity contribution in [2.24, 2.45) is 52.9 Å². The van der Waals surface area contributed by atoms with Crippen molar-refractivity contribution in [2.75, 3.05) is 0 Å². The van der Waals surface area contributed by atoms with E-state index >= 15 is 0 Å². The standard InChI is InChI=1S/C11H13NS.C10H14.C9H13N.C8H12N2.C7H6N2.2C6H5N3.C6H10N2S.C5H6.7C5H12.C3H4N2.C3H3NO.C3H3NS/c1-11(2,3)10-12-8-6-4-5-7-9(8)13-10;1-10(2,3)9-7-5-4-6-8-9;1-9(2,3)8-5-4-6-10-7-8;1-8(2,3)7-6-9-4-5-10-7;1-2-6-7(8-4-1)3-5-9-6;2*1-5-2-8-4-9-6(5)3-7-1;1-6(2,3)5-8-7-4-9-5;1-2-4-5-3-1;7*1-5(2,3)4;3*1-2-5-3-4-1/h4-7H,1-3H3;4-8H,1-3H3;4-7H,1-3H3;4-6H,1-3H3;1-2,4-5H,3H2;2*1-2,4H,3H2;4H,1-3H3;1-4H,5H2;7*1-4H3;1-3H,(H,4,5);2*1-3H. The fraction of sp³-hybridized carbons (Fsp3) is 0.527. The topological polar surface area (TPSA) is 246 Å². The first kappa shape index (κ1) is 128.